The van der Waals surface area contributed by atoms with E-state index in [1.54, 1.807) is 0 Å². The predicted octanol–water partition coefficient (Wildman–Crippen LogP) is 3.25. The van der Waals surface area contributed by atoms with Crippen LogP contribution in [0.4, 0.5) is 0 Å². The van der Waals surface area contributed by atoms with Gasteiger partial charge in [-0.3, -0.25) is 0 Å². The summed E-state index contributed by atoms with van der Waals surface area (Å²) in [5.74, 6) is 0.828. The van der Waals surface area contributed by atoms with Gasteiger partial charge in [-0.2, -0.15) is 0 Å². The lowest BCUT2D eigenvalue weighted by atomic mass is 10.2. The molecule has 0 aliphatic heterocycles. The van der Waals surface area contributed by atoms with Crippen molar-refractivity contribution in [2.45, 2.75) is 6.92 Å². The van der Waals surface area contributed by atoms with Crippen LogP contribution in [0.1, 0.15) is 5.69 Å². The van der Waals surface area contributed by atoms with Gasteiger partial charge in [-0.25, -0.2) is 0 Å². The van der Waals surface area contributed by atoms with Crippen molar-refractivity contribution in [2.24, 2.45) is 0 Å². The molecular weight excluding hydrogens is 277 g/mol. The second-order valence-corrected chi connectivity index (χ2v) is 4.09. The molecule has 0 saturated heterocycles. The molecule has 1 heterocycles. The fraction of sp³-hybridized carbons (Fsp3) is 0.100. The monoisotopic (exact) mass is 285 g/mol. The third-order valence-corrected chi connectivity index (χ3v) is 2.48. The van der Waals surface area contributed by atoms with E-state index in [0.717, 1.165) is 17.0 Å². The van der Waals surface area contributed by atoms with E-state index < -0.39 is 0 Å². The number of hydrogen-bond donors (Lipinski definition) is 0. The topological polar surface area (TPSA) is 26.0 Å². The molecule has 0 spiro atoms. The molecule has 0 saturated carbocycles. The van der Waals surface area contributed by atoms with Gasteiger partial charge in [-0.15, -0.1) is 0 Å². The first kappa shape index (κ1) is 8.74. The molecule has 0 atom stereocenters. The van der Waals surface area contributed by atoms with Gasteiger partial charge in [0.1, 0.15) is 0 Å². The van der Waals surface area contributed by atoms with Gasteiger partial charge in [-0.1, -0.05) is 17.3 Å². The Balaban J connectivity index is 2.41. The van der Waals surface area contributed by atoms with Crippen LogP contribution in [-0.4, -0.2) is 5.16 Å². The first-order valence-electron chi connectivity index (χ1n) is 3.95. The fourth-order valence-corrected chi connectivity index (χ4v) is 1.47. The average Bonchev–Trinajstić information content (AvgIpc) is 2.53. The number of rotatable bonds is 1. The van der Waals surface area contributed by atoms with Gasteiger partial charge in [0.15, 0.2) is 5.76 Å². The Morgan fingerprint density at radius 2 is 1.92 bits per heavy atom. The van der Waals surface area contributed by atoms with E-state index >= 15 is 0 Å². The summed E-state index contributed by atoms with van der Waals surface area (Å²) in [6, 6.07) is 10.1. The molecule has 2 aromatic rings. The number of benzene rings is 1. The molecule has 0 fully saturated rings. The number of halogens is 1. The van der Waals surface area contributed by atoms with Crippen LogP contribution in [0.5, 0.6) is 0 Å². The summed E-state index contributed by atoms with van der Waals surface area (Å²) in [5.41, 5.74) is 1.98. The molecule has 2 rings (SSSR count). The van der Waals surface area contributed by atoms with Crippen LogP contribution < -0.4 is 0 Å². The smallest absolute Gasteiger partial charge is 0.167 e. The number of aromatic nitrogens is 1. The summed E-state index contributed by atoms with van der Waals surface area (Å²) in [6.07, 6.45) is 0. The van der Waals surface area contributed by atoms with Gasteiger partial charge < -0.3 is 4.52 Å². The first-order valence-corrected chi connectivity index (χ1v) is 5.03. The fourth-order valence-electron chi connectivity index (χ4n) is 1.11. The third kappa shape index (κ3) is 1.91. The number of aryl methyl sites for hydroxylation is 1. The zero-order valence-corrected chi connectivity index (χ0v) is 9.28. The molecule has 0 amide bonds. The standard InChI is InChI=1S/C10H8INO/c1-7-6-10(13-12-7)8-2-4-9(11)5-3-8/h2-6H,1H3. The lowest BCUT2D eigenvalue weighted by Gasteiger charge is -1.94. The van der Waals surface area contributed by atoms with Crippen LogP contribution in [0.15, 0.2) is 34.9 Å². The van der Waals surface area contributed by atoms with Gasteiger partial charge in [0, 0.05) is 15.2 Å². The molecule has 0 aliphatic carbocycles. The molecule has 0 unspecified atom stereocenters. The Morgan fingerprint density at radius 3 is 2.46 bits per heavy atom. The highest BCUT2D eigenvalue weighted by Crippen LogP contribution is 2.20. The lowest BCUT2D eigenvalue weighted by molar-refractivity contribution is 0.427. The minimum Gasteiger partial charge on any atom is -0.356 e. The van der Waals surface area contributed by atoms with Crippen molar-refractivity contribution in [3.05, 3.63) is 39.6 Å². The van der Waals surface area contributed by atoms with Crippen molar-refractivity contribution < 1.29 is 4.52 Å². The van der Waals surface area contributed by atoms with Crippen molar-refractivity contribution in [2.75, 3.05) is 0 Å². The SMILES string of the molecule is Cc1cc(-c2ccc(I)cc2)on1. The minimum atomic E-state index is 0.828. The van der Waals surface area contributed by atoms with Crippen molar-refractivity contribution in [3.8, 4) is 11.3 Å². The third-order valence-electron chi connectivity index (χ3n) is 1.76. The van der Waals surface area contributed by atoms with E-state index in [1.165, 1.54) is 3.57 Å². The highest BCUT2D eigenvalue weighted by atomic mass is 127. The van der Waals surface area contributed by atoms with E-state index in [-0.39, 0.29) is 0 Å². The van der Waals surface area contributed by atoms with Gasteiger partial charge in [0.25, 0.3) is 0 Å². The summed E-state index contributed by atoms with van der Waals surface area (Å²) >= 11 is 2.27. The maximum atomic E-state index is 5.14. The molecular formula is C10H8INO. The zero-order valence-electron chi connectivity index (χ0n) is 7.12. The van der Waals surface area contributed by atoms with Crippen LogP contribution in [0.3, 0.4) is 0 Å². The van der Waals surface area contributed by atoms with Crippen LogP contribution in [-0.2, 0) is 0 Å². The molecule has 1 aromatic heterocycles. The number of hydrogen-bond acceptors (Lipinski definition) is 2. The Kier molecular flexibility index (Phi) is 2.35. The maximum absolute atomic E-state index is 5.14. The highest BCUT2D eigenvalue weighted by Gasteiger charge is 2.02. The van der Waals surface area contributed by atoms with E-state index in [1.807, 2.05) is 37.3 Å². The van der Waals surface area contributed by atoms with Crippen LogP contribution in [0.25, 0.3) is 11.3 Å². The molecule has 0 aliphatic rings. The van der Waals surface area contributed by atoms with Crippen LogP contribution in [0, 0.1) is 10.5 Å². The van der Waals surface area contributed by atoms with Gasteiger partial charge in [0.05, 0.1) is 5.69 Å². The van der Waals surface area contributed by atoms with E-state index in [9.17, 15) is 0 Å². The largest absolute Gasteiger partial charge is 0.356 e. The van der Waals surface area contributed by atoms with Crippen molar-refractivity contribution in [3.63, 3.8) is 0 Å². The van der Waals surface area contributed by atoms with E-state index in [2.05, 4.69) is 27.7 Å². The van der Waals surface area contributed by atoms with Gasteiger partial charge >= 0.3 is 0 Å². The minimum absolute atomic E-state index is 0.828. The highest BCUT2D eigenvalue weighted by molar-refractivity contribution is 14.1. The Labute approximate surface area is 90.1 Å². The average molecular weight is 285 g/mol. The molecule has 66 valence electrons. The van der Waals surface area contributed by atoms with E-state index in [4.69, 9.17) is 4.52 Å². The Morgan fingerprint density at radius 1 is 1.23 bits per heavy atom. The van der Waals surface area contributed by atoms with Gasteiger partial charge in [0.2, 0.25) is 0 Å². The summed E-state index contributed by atoms with van der Waals surface area (Å²) in [6.45, 7) is 1.92. The summed E-state index contributed by atoms with van der Waals surface area (Å²) in [4.78, 5) is 0. The summed E-state index contributed by atoms with van der Waals surface area (Å²) in [5, 5.41) is 3.84. The second-order valence-electron chi connectivity index (χ2n) is 2.84. The number of nitrogens with zero attached hydrogens (tertiary/aromatic N) is 1. The second kappa shape index (κ2) is 3.49. The molecule has 2 nitrogen and oxygen atoms in total. The van der Waals surface area contributed by atoms with Gasteiger partial charge in [-0.05, 0) is 41.6 Å². The summed E-state index contributed by atoms with van der Waals surface area (Å²) in [7, 11) is 0. The molecule has 1 aromatic carbocycles. The van der Waals surface area contributed by atoms with Crippen molar-refractivity contribution >= 4 is 22.6 Å². The molecule has 0 radical (unpaired) electrons. The normalized spacial score (nSPS) is 10.3. The molecule has 0 N–H and O–H groups in total. The van der Waals surface area contributed by atoms with Crippen molar-refractivity contribution in [1.82, 2.24) is 5.16 Å². The van der Waals surface area contributed by atoms with E-state index in [0.29, 0.717) is 0 Å². The van der Waals surface area contributed by atoms with Crippen molar-refractivity contribution in [1.29, 1.82) is 0 Å². The summed E-state index contributed by atoms with van der Waals surface area (Å²) < 4.78 is 6.36. The molecule has 3 heteroatoms. The predicted molar refractivity (Wildman–Crippen MR) is 59.4 cm³/mol. The molecule has 13 heavy (non-hydrogen) atoms. The van der Waals surface area contributed by atoms with Crippen LogP contribution >= 0.6 is 22.6 Å². The zero-order chi connectivity index (χ0) is 9.26. The molecule has 0 bridgehead atoms. The Bertz CT molecular complexity index is 405. The van der Waals surface area contributed by atoms with Crippen LogP contribution in [0.2, 0.25) is 0 Å². The Hall–Kier alpha value is -0.840. The maximum Gasteiger partial charge on any atom is 0.167 e. The first-order chi connectivity index (χ1) is 6.25. The quantitative estimate of drug-likeness (QED) is 0.752. The lowest BCUT2D eigenvalue weighted by Crippen LogP contribution is -1.73.